The third-order valence-electron chi connectivity index (χ3n) is 3.52. The highest BCUT2D eigenvalue weighted by atomic mass is 16.4. The van der Waals surface area contributed by atoms with Crippen molar-refractivity contribution in [1.82, 2.24) is 4.90 Å². The van der Waals surface area contributed by atoms with Gasteiger partial charge in [-0.3, -0.25) is 4.90 Å². The summed E-state index contributed by atoms with van der Waals surface area (Å²) in [6, 6.07) is 2.45. The zero-order valence-corrected chi connectivity index (χ0v) is 10.4. The van der Waals surface area contributed by atoms with Gasteiger partial charge in [-0.25, -0.2) is 4.79 Å². The van der Waals surface area contributed by atoms with Crippen LogP contribution in [-0.4, -0.2) is 29.1 Å². The topological polar surface area (TPSA) is 53.7 Å². The molecule has 0 aromatic carbocycles. The number of hydrogen-bond acceptors (Lipinski definition) is 3. The van der Waals surface area contributed by atoms with Crippen LogP contribution in [0, 0.1) is 6.92 Å². The van der Waals surface area contributed by atoms with Crippen molar-refractivity contribution in [2.45, 2.75) is 45.2 Å². The largest absolute Gasteiger partial charge is 0.475 e. The first kappa shape index (κ1) is 12.2. The van der Waals surface area contributed by atoms with E-state index in [1.165, 1.54) is 25.7 Å². The second-order valence-electron chi connectivity index (χ2n) is 4.88. The van der Waals surface area contributed by atoms with Gasteiger partial charge < -0.3 is 9.52 Å². The Morgan fingerprint density at radius 3 is 2.71 bits per heavy atom. The van der Waals surface area contributed by atoms with Gasteiger partial charge in [-0.2, -0.15) is 0 Å². The normalized spacial score (nSPS) is 16.9. The van der Waals surface area contributed by atoms with E-state index in [9.17, 15) is 4.79 Å². The Morgan fingerprint density at radius 2 is 2.18 bits per heavy atom. The molecule has 1 aromatic rings. The molecule has 1 aliphatic carbocycles. The van der Waals surface area contributed by atoms with E-state index in [4.69, 9.17) is 9.52 Å². The van der Waals surface area contributed by atoms with E-state index >= 15 is 0 Å². The number of carboxylic acids is 1. The van der Waals surface area contributed by atoms with Gasteiger partial charge in [0.25, 0.3) is 0 Å². The van der Waals surface area contributed by atoms with Crippen LogP contribution in [0.2, 0.25) is 0 Å². The molecular formula is C13H19NO3. The molecule has 1 N–H and O–H groups in total. The highest BCUT2D eigenvalue weighted by molar-refractivity contribution is 5.86. The summed E-state index contributed by atoms with van der Waals surface area (Å²) in [4.78, 5) is 13.1. The number of nitrogens with zero attached hydrogens (tertiary/aromatic N) is 1. The number of aryl methyl sites for hydroxylation is 1. The molecule has 0 amide bonds. The van der Waals surface area contributed by atoms with Crippen LogP contribution in [-0.2, 0) is 6.54 Å². The second kappa shape index (κ2) is 4.92. The van der Waals surface area contributed by atoms with E-state index < -0.39 is 5.97 Å². The molecule has 1 aromatic heterocycles. The summed E-state index contributed by atoms with van der Waals surface area (Å²) in [7, 11) is 2.08. The molecule has 0 bridgehead atoms. The van der Waals surface area contributed by atoms with Crippen LogP contribution in [0.1, 0.15) is 47.6 Å². The van der Waals surface area contributed by atoms with E-state index in [-0.39, 0.29) is 5.76 Å². The predicted molar refractivity (Wildman–Crippen MR) is 64.1 cm³/mol. The Balaban J connectivity index is 2.03. The Bertz CT molecular complexity index is 405. The summed E-state index contributed by atoms with van der Waals surface area (Å²) in [6.07, 6.45) is 5.07. The summed E-state index contributed by atoms with van der Waals surface area (Å²) < 4.78 is 5.36. The molecule has 0 saturated heterocycles. The molecule has 0 atom stereocenters. The first-order valence-electron chi connectivity index (χ1n) is 6.11. The monoisotopic (exact) mass is 237 g/mol. The van der Waals surface area contributed by atoms with Crippen molar-refractivity contribution in [2.75, 3.05) is 7.05 Å². The third kappa shape index (κ3) is 2.69. The average molecular weight is 237 g/mol. The molecule has 1 fully saturated rings. The van der Waals surface area contributed by atoms with Crippen LogP contribution in [0.4, 0.5) is 0 Å². The highest BCUT2D eigenvalue weighted by Gasteiger charge is 2.21. The van der Waals surface area contributed by atoms with E-state index in [2.05, 4.69) is 11.9 Å². The molecule has 4 heteroatoms. The van der Waals surface area contributed by atoms with Gasteiger partial charge in [-0.1, -0.05) is 12.8 Å². The minimum Gasteiger partial charge on any atom is -0.475 e. The fraction of sp³-hybridized carbons (Fsp3) is 0.615. The number of hydrogen-bond donors (Lipinski definition) is 1. The molecule has 0 radical (unpaired) electrons. The lowest BCUT2D eigenvalue weighted by molar-refractivity contribution is 0.0657. The highest BCUT2D eigenvalue weighted by Crippen LogP contribution is 2.24. The summed E-state index contributed by atoms with van der Waals surface area (Å²) in [5, 5.41) is 8.92. The first-order valence-corrected chi connectivity index (χ1v) is 6.11. The zero-order valence-electron chi connectivity index (χ0n) is 10.4. The van der Waals surface area contributed by atoms with Crippen LogP contribution >= 0.6 is 0 Å². The fourth-order valence-electron chi connectivity index (χ4n) is 2.56. The van der Waals surface area contributed by atoms with Gasteiger partial charge in [0.15, 0.2) is 0 Å². The van der Waals surface area contributed by atoms with Crippen LogP contribution in [0.15, 0.2) is 10.5 Å². The van der Waals surface area contributed by atoms with Crippen molar-refractivity contribution in [3.63, 3.8) is 0 Å². The van der Waals surface area contributed by atoms with Crippen LogP contribution in [0.3, 0.4) is 0 Å². The fourth-order valence-corrected chi connectivity index (χ4v) is 2.56. The van der Waals surface area contributed by atoms with Gasteiger partial charge in [0, 0.05) is 11.6 Å². The molecular weight excluding hydrogens is 218 g/mol. The number of furan rings is 1. The third-order valence-corrected chi connectivity index (χ3v) is 3.52. The van der Waals surface area contributed by atoms with Gasteiger partial charge in [-0.15, -0.1) is 0 Å². The number of aromatic carboxylic acids is 1. The van der Waals surface area contributed by atoms with Crippen molar-refractivity contribution >= 4 is 5.97 Å². The maximum Gasteiger partial charge on any atom is 0.372 e. The number of carbonyl (C=O) groups is 1. The predicted octanol–water partition coefficient (Wildman–Crippen LogP) is 2.66. The van der Waals surface area contributed by atoms with Crippen LogP contribution < -0.4 is 0 Å². The summed E-state index contributed by atoms with van der Waals surface area (Å²) in [6.45, 7) is 2.46. The minimum absolute atomic E-state index is 0.0693. The summed E-state index contributed by atoms with van der Waals surface area (Å²) in [5.41, 5.74) is 0.701. The zero-order chi connectivity index (χ0) is 12.4. The lowest BCUT2D eigenvalue weighted by Crippen LogP contribution is -2.28. The molecule has 2 rings (SSSR count). The maximum atomic E-state index is 10.9. The number of carboxylic acid groups (broad SMARTS) is 1. The molecule has 94 valence electrons. The standard InChI is InChI=1S/C13H19NO3/c1-9-7-11(17-12(9)13(15)16)8-14(2)10-5-3-4-6-10/h7,10H,3-6,8H2,1-2H3,(H,15,16). The molecule has 4 nitrogen and oxygen atoms in total. The van der Waals surface area contributed by atoms with Gasteiger partial charge in [0.05, 0.1) is 6.54 Å². The Labute approximate surface area is 101 Å². The van der Waals surface area contributed by atoms with E-state index in [0.717, 1.165) is 5.76 Å². The molecule has 0 unspecified atom stereocenters. The van der Waals surface area contributed by atoms with E-state index in [1.54, 1.807) is 6.92 Å². The van der Waals surface area contributed by atoms with Crippen LogP contribution in [0.25, 0.3) is 0 Å². The van der Waals surface area contributed by atoms with Crippen molar-refractivity contribution in [1.29, 1.82) is 0 Å². The lowest BCUT2D eigenvalue weighted by atomic mass is 10.2. The Kier molecular flexibility index (Phi) is 3.52. The number of rotatable bonds is 4. The Hall–Kier alpha value is -1.29. The minimum atomic E-state index is -0.989. The molecule has 1 saturated carbocycles. The van der Waals surface area contributed by atoms with Crippen molar-refractivity contribution in [3.8, 4) is 0 Å². The summed E-state index contributed by atoms with van der Waals surface area (Å²) >= 11 is 0. The van der Waals surface area contributed by atoms with Gasteiger partial charge in [0.1, 0.15) is 5.76 Å². The molecule has 1 aliphatic rings. The molecule has 1 heterocycles. The average Bonchev–Trinajstić information content (AvgIpc) is 2.86. The molecule has 17 heavy (non-hydrogen) atoms. The first-order chi connectivity index (χ1) is 8.08. The van der Waals surface area contributed by atoms with Crippen molar-refractivity contribution < 1.29 is 14.3 Å². The quantitative estimate of drug-likeness (QED) is 0.874. The van der Waals surface area contributed by atoms with Gasteiger partial charge in [-0.05, 0) is 32.9 Å². The Morgan fingerprint density at radius 1 is 1.53 bits per heavy atom. The lowest BCUT2D eigenvalue weighted by Gasteiger charge is -2.22. The molecule has 0 aliphatic heterocycles. The molecule has 0 spiro atoms. The van der Waals surface area contributed by atoms with Crippen molar-refractivity contribution in [3.05, 3.63) is 23.2 Å². The van der Waals surface area contributed by atoms with Crippen molar-refractivity contribution in [2.24, 2.45) is 0 Å². The SMILES string of the molecule is Cc1cc(CN(C)C2CCCC2)oc1C(=O)O. The second-order valence-corrected chi connectivity index (χ2v) is 4.88. The van der Waals surface area contributed by atoms with Crippen LogP contribution in [0.5, 0.6) is 0 Å². The van der Waals surface area contributed by atoms with Gasteiger partial charge in [0.2, 0.25) is 5.76 Å². The van der Waals surface area contributed by atoms with E-state index in [0.29, 0.717) is 18.2 Å². The smallest absolute Gasteiger partial charge is 0.372 e. The van der Waals surface area contributed by atoms with Gasteiger partial charge >= 0.3 is 5.97 Å². The van der Waals surface area contributed by atoms with E-state index in [1.807, 2.05) is 6.07 Å². The maximum absolute atomic E-state index is 10.9. The summed E-state index contributed by atoms with van der Waals surface area (Å²) in [5.74, 6) is -0.175.